The maximum atomic E-state index is 14.3. The first-order valence-electron chi connectivity index (χ1n) is 13.9. The average molecular weight is 583 g/mol. The van der Waals surface area contributed by atoms with E-state index < -0.39 is 53.1 Å². The maximum absolute atomic E-state index is 14.3. The van der Waals surface area contributed by atoms with Crippen LogP contribution in [-0.2, 0) is 22.3 Å². The molecule has 9 heteroatoms. The second-order valence-electron chi connectivity index (χ2n) is 11.8. The molecule has 1 amide bonds. The van der Waals surface area contributed by atoms with Crippen molar-refractivity contribution in [3.63, 3.8) is 0 Å². The number of likely N-dealkylation sites (tertiary alicyclic amines) is 1. The number of carboxylic acids is 1. The van der Waals surface area contributed by atoms with Crippen LogP contribution in [-0.4, -0.2) is 41.1 Å². The molecule has 42 heavy (non-hydrogen) atoms. The lowest BCUT2D eigenvalue weighted by Gasteiger charge is -2.35. The largest absolute Gasteiger partial charge is 0.496 e. The molecule has 1 aliphatic heterocycles. The Hall–Kier alpha value is -3.85. The highest BCUT2D eigenvalue weighted by Gasteiger charge is 2.58. The monoisotopic (exact) mass is 582 g/mol. The summed E-state index contributed by atoms with van der Waals surface area (Å²) >= 11 is 0. The van der Waals surface area contributed by atoms with Gasteiger partial charge in [0.25, 0.3) is 0 Å². The summed E-state index contributed by atoms with van der Waals surface area (Å²) in [5.41, 5.74) is 0.636. The number of hydrogen-bond donors (Lipinski definition) is 2. The molecule has 1 saturated heterocycles. The highest BCUT2D eigenvalue weighted by molar-refractivity contribution is 5.89. The Morgan fingerprint density at radius 1 is 0.976 bits per heavy atom. The van der Waals surface area contributed by atoms with Crippen LogP contribution in [0.25, 0.3) is 0 Å². The van der Waals surface area contributed by atoms with Gasteiger partial charge in [0.05, 0.1) is 24.6 Å². The number of carboxylic acid groups (broad SMARTS) is 1. The summed E-state index contributed by atoms with van der Waals surface area (Å²) in [4.78, 5) is 28.8. The van der Waals surface area contributed by atoms with Crippen molar-refractivity contribution in [3.05, 3.63) is 101 Å². The third-order valence-electron chi connectivity index (χ3n) is 8.13. The summed E-state index contributed by atoms with van der Waals surface area (Å²) in [6.07, 6.45) is -4.52. The quantitative estimate of drug-likeness (QED) is 0.310. The first-order chi connectivity index (χ1) is 19.8. The van der Waals surface area contributed by atoms with Gasteiger partial charge in [-0.25, -0.2) is 4.79 Å². The number of nitrogens with zero attached hydrogens (tertiary/aromatic N) is 1. The van der Waals surface area contributed by atoms with Crippen LogP contribution in [0.2, 0.25) is 0 Å². The second kappa shape index (κ2) is 12.2. The normalized spacial score (nSPS) is 21.7. The van der Waals surface area contributed by atoms with Crippen molar-refractivity contribution >= 4 is 11.9 Å². The SMILES string of the molecule is COc1cc(C(F)(F)F)ccc1CN[C@@H]1[C@@H](C(C)(C)C)[C@H](C(=O)O)N(C(=O)[C@@H](C)c2ccccc2)[C@@H]1c1ccccc1. The zero-order chi connectivity index (χ0) is 30.8. The maximum Gasteiger partial charge on any atom is 0.416 e. The summed E-state index contributed by atoms with van der Waals surface area (Å²) in [6, 6.07) is 19.5. The van der Waals surface area contributed by atoms with E-state index in [2.05, 4.69) is 5.32 Å². The summed E-state index contributed by atoms with van der Waals surface area (Å²) < 4.78 is 45.4. The Bertz CT molecular complexity index is 1390. The number of alkyl halides is 3. The number of methoxy groups -OCH3 is 1. The van der Waals surface area contributed by atoms with Crippen molar-refractivity contribution in [2.45, 2.75) is 64.5 Å². The van der Waals surface area contributed by atoms with Crippen LogP contribution in [0, 0.1) is 11.3 Å². The summed E-state index contributed by atoms with van der Waals surface area (Å²) in [5, 5.41) is 14.1. The van der Waals surface area contributed by atoms with E-state index in [0.29, 0.717) is 5.56 Å². The number of nitrogens with one attached hydrogen (secondary N) is 1. The number of benzene rings is 3. The molecule has 0 unspecified atom stereocenters. The van der Waals surface area contributed by atoms with E-state index >= 15 is 0 Å². The third kappa shape index (κ3) is 6.31. The lowest BCUT2D eigenvalue weighted by Crippen LogP contribution is -2.48. The standard InChI is InChI=1S/C33H37F3N2O4/c1-20(21-12-8-6-9-13-21)30(39)38-28(22-14-10-7-11-15-22)27(26(32(2,3)4)29(38)31(40)41)37-19-23-16-17-24(33(34,35)36)18-25(23)42-5/h6-18,20,26-29,37H,19H2,1-5H3,(H,40,41)/t20-,26+,27+,28+,29+/m0/s1. The van der Waals surface area contributed by atoms with Crippen molar-refractivity contribution in [1.82, 2.24) is 10.2 Å². The van der Waals surface area contributed by atoms with Crippen LogP contribution in [0.4, 0.5) is 13.2 Å². The topological polar surface area (TPSA) is 78.9 Å². The first-order valence-corrected chi connectivity index (χ1v) is 13.9. The highest BCUT2D eigenvalue weighted by Crippen LogP contribution is 2.49. The summed E-state index contributed by atoms with van der Waals surface area (Å²) in [6.45, 7) is 7.70. The Labute approximate surface area is 244 Å². The number of amides is 1. The molecule has 1 aliphatic rings. The van der Waals surface area contributed by atoms with E-state index in [0.717, 1.165) is 23.3 Å². The van der Waals surface area contributed by atoms with E-state index in [9.17, 15) is 27.9 Å². The molecule has 2 N–H and O–H groups in total. The van der Waals surface area contributed by atoms with Crippen LogP contribution in [0.3, 0.4) is 0 Å². The third-order valence-corrected chi connectivity index (χ3v) is 8.13. The Morgan fingerprint density at radius 3 is 2.10 bits per heavy atom. The van der Waals surface area contributed by atoms with Gasteiger partial charge >= 0.3 is 12.1 Å². The molecule has 6 nitrogen and oxygen atoms in total. The average Bonchev–Trinajstić information content (AvgIpc) is 3.31. The molecule has 0 aromatic heterocycles. The van der Waals surface area contributed by atoms with Crippen molar-refractivity contribution in [1.29, 1.82) is 0 Å². The molecule has 4 rings (SSSR count). The lowest BCUT2D eigenvalue weighted by molar-refractivity contribution is -0.152. The van der Waals surface area contributed by atoms with Gasteiger partial charge in [-0.2, -0.15) is 13.2 Å². The molecule has 0 bridgehead atoms. The van der Waals surface area contributed by atoms with Crippen molar-refractivity contribution in [2.24, 2.45) is 11.3 Å². The van der Waals surface area contributed by atoms with Gasteiger partial charge in [-0.15, -0.1) is 0 Å². The van der Waals surface area contributed by atoms with Crippen LogP contribution in [0.15, 0.2) is 78.9 Å². The fourth-order valence-electron chi connectivity index (χ4n) is 6.13. The van der Waals surface area contributed by atoms with Crippen LogP contribution >= 0.6 is 0 Å². The molecular weight excluding hydrogens is 545 g/mol. The van der Waals surface area contributed by atoms with Crippen LogP contribution in [0.1, 0.15) is 61.9 Å². The molecule has 0 radical (unpaired) electrons. The number of carbonyl (C=O) groups is 2. The van der Waals surface area contributed by atoms with E-state index in [4.69, 9.17) is 4.74 Å². The zero-order valence-electron chi connectivity index (χ0n) is 24.4. The molecule has 1 fully saturated rings. The first kappa shape index (κ1) is 31.1. The van der Waals surface area contributed by atoms with Gasteiger partial charge in [-0.1, -0.05) is 87.5 Å². The summed E-state index contributed by atoms with van der Waals surface area (Å²) in [7, 11) is 1.31. The zero-order valence-corrected chi connectivity index (χ0v) is 24.4. The van der Waals surface area contributed by atoms with Gasteiger partial charge in [-0.3, -0.25) is 4.79 Å². The summed E-state index contributed by atoms with van der Waals surface area (Å²) in [5.74, 6) is -2.51. The Balaban J connectivity index is 1.81. The Kier molecular flexibility index (Phi) is 9.01. The molecule has 0 spiro atoms. The van der Waals surface area contributed by atoms with Crippen LogP contribution in [0.5, 0.6) is 5.75 Å². The lowest BCUT2D eigenvalue weighted by atomic mass is 9.72. The number of hydrogen-bond acceptors (Lipinski definition) is 4. The number of aliphatic carboxylic acids is 1. The Morgan fingerprint density at radius 2 is 1.57 bits per heavy atom. The van der Waals surface area contributed by atoms with Crippen molar-refractivity contribution in [3.8, 4) is 5.75 Å². The molecule has 0 aliphatic carbocycles. The van der Waals surface area contributed by atoms with Gasteiger partial charge < -0.3 is 20.1 Å². The predicted octanol–water partition coefficient (Wildman–Crippen LogP) is 6.67. The molecule has 5 atom stereocenters. The van der Waals surface area contributed by atoms with E-state index in [1.807, 2.05) is 81.4 Å². The smallest absolute Gasteiger partial charge is 0.416 e. The molecule has 224 valence electrons. The van der Waals surface area contributed by atoms with Gasteiger partial charge in [0.15, 0.2) is 0 Å². The minimum absolute atomic E-state index is 0.0688. The number of halogens is 3. The fourth-order valence-corrected chi connectivity index (χ4v) is 6.13. The van der Waals surface area contributed by atoms with Gasteiger partial charge in [0.1, 0.15) is 11.8 Å². The van der Waals surface area contributed by atoms with Gasteiger partial charge in [-0.05, 0) is 35.6 Å². The molecular formula is C33H37F3N2O4. The van der Waals surface area contributed by atoms with Crippen LogP contribution < -0.4 is 10.1 Å². The van der Waals surface area contributed by atoms with Crippen molar-refractivity contribution in [2.75, 3.05) is 7.11 Å². The van der Waals surface area contributed by atoms with E-state index in [1.165, 1.54) is 18.1 Å². The predicted molar refractivity (Wildman–Crippen MR) is 154 cm³/mol. The number of carbonyl (C=O) groups excluding carboxylic acids is 1. The molecule has 0 saturated carbocycles. The van der Waals surface area contributed by atoms with Crippen molar-refractivity contribution < 1.29 is 32.6 Å². The van der Waals surface area contributed by atoms with E-state index in [-0.39, 0.29) is 18.2 Å². The molecule has 3 aromatic carbocycles. The molecule has 1 heterocycles. The highest BCUT2D eigenvalue weighted by atomic mass is 19.4. The number of rotatable bonds is 8. The fraction of sp³-hybridized carbons (Fsp3) is 0.394. The van der Waals surface area contributed by atoms with E-state index in [1.54, 1.807) is 6.92 Å². The van der Waals surface area contributed by atoms with Gasteiger partial charge in [0, 0.05) is 24.1 Å². The minimum Gasteiger partial charge on any atom is -0.496 e. The minimum atomic E-state index is -4.52. The molecule has 3 aromatic rings. The number of ether oxygens (including phenoxy) is 1. The second-order valence-corrected chi connectivity index (χ2v) is 11.8. The van der Waals surface area contributed by atoms with Gasteiger partial charge in [0.2, 0.25) is 5.91 Å².